The summed E-state index contributed by atoms with van der Waals surface area (Å²) in [5.74, 6) is -0.0759. The monoisotopic (exact) mass is 330 g/mol. The van der Waals surface area contributed by atoms with Gasteiger partial charge in [-0.1, -0.05) is 6.07 Å². The van der Waals surface area contributed by atoms with Crippen LogP contribution >= 0.6 is 11.3 Å². The second-order valence-electron chi connectivity index (χ2n) is 5.81. The number of hydrogen-bond donors (Lipinski definition) is 2. The Morgan fingerprint density at radius 3 is 2.57 bits per heavy atom. The van der Waals surface area contributed by atoms with Crippen LogP contribution in [0.15, 0.2) is 36.5 Å². The van der Waals surface area contributed by atoms with E-state index in [-0.39, 0.29) is 29.8 Å². The molecule has 2 aromatic heterocycles. The second-order valence-corrected chi connectivity index (χ2v) is 6.89. The van der Waals surface area contributed by atoms with Crippen LogP contribution in [-0.2, 0) is 0 Å². The molecule has 2 N–H and O–H groups in total. The van der Waals surface area contributed by atoms with E-state index in [1.807, 2.05) is 18.2 Å². The lowest BCUT2D eigenvalue weighted by atomic mass is 9.76. The Balaban J connectivity index is 1.77. The van der Waals surface area contributed by atoms with Crippen molar-refractivity contribution in [2.75, 3.05) is 0 Å². The molecule has 0 radical (unpaired) electrons. The van der Waals surface area contributed by atoms with Gasteiger partial charge in [-0.3, -0.25) is 14.6 Å². The molecule has 0 unspecified atom stereocenters. The van der Waals surface area contributed by atoms with Crippen LogP contribution in [0.3, 0.4) is 0 Å². The van der Waals surface area contributed by atoms with Crippen molar-refractivity contribution < 1.29 is 14.7 Å². The predicted molar refractivity (Wildman–Crippen MR) is 87.5 cm³/mol. The Morgan fingerprint density at radius 1 is 1.26 bits per heavy atom. The van der Waals surface area contributed by atoms with E-state index in [9.17, 15) is 14.7 Å². The van der Waals surface area contributed by atoms with Gasteiger partial charge in [-0.05, 0) is 49.9 Å². The molecule has 5 nitrogen and oxygen atoms in total. The van der Waals surface area contributed by atoms with Gasteiger partial charge in [0.15, 0.2) is 5.78 Å². The molecule has 3 rings (SSSR count). The lowest BCUT2D eigenvalue weighted by Gasteiger charge is -2.37. The van der Waals surface area contributed by atoms with E-state index in [1.54, 1.807) is 18.3 Å². The van der Waals surface area contributed by atoms with E-state index in [1.165, 1.54) is 18.3 Å². The van der Waals surface area contributed by atoms with Crippen LogP contribution in [0, 0.1) is 5.92 Å². The van der Waals surface area contributed by atoms with Crippen LogP contribution < -0.4 is 5.32 Å². The number of rotatable bonds is 5. The van der Waals surface area contributed by atoms with Crippen molar-refractivity contribution in [2.45, 2.75) is 31.9 Å². The van der Waals surface area contributed by atoms with Crippen molar-refractivity contribution in [2.24, 2.45) is 5.92 Å². The van der Waals surface area contributed by atoms with Gasteiger partial charge in [0.2, 0.25) is 0 Å². The van der Waals surface area contributed by atoms with Gasteiger partial charge < -0.3 is 10.4 Å². The SMILES string of the molecule is CC(=O)c1ccc(C(=O)N[C@H](c2ccccn2)C2CC(O)C2)s1. The minimum atomic E-state index is -0.297. The number of Topliss-reactive ketones (excluding diaryl/α,β-unsaturated/α-hetero) is 1. The molecule has 1 atom stereocenters. The summed E-state index contributed by atoms with van der Waals surface area (Å²) in [6.45, 7) is 1.49. The number of nitrogens with one attached hydrogen (secondary N) is 1. The van der Waals surface area contributed by atoms with E-state index in [4.69, 9.17) is 0 Å². The maximum atomic E-state index is 12.5. The number of ketones is 1. The fourth-order valence-corrected chi connectivity index (χ4v) is 3.56. The zero-order chi connectivity index (χ0) is 16.4. The molecular formula is C17H18N2O3S. The fraction of sp³-hybridized carbons (Fsp3) is 0.353. The van der Waals surface area contributed by atoms with Gasteiger partial charge in [-0.25, -0.2) is 0 Å². The van der Waals surface area contributed by atoms with Crippen LogP contribution in [0.4, 0.5) is 0 Å². The van der Waals surface area contributed by atoms with Gasteiger partial charge in [0, 0.05) is 6.20 Å². The molecule has 23 heavy (non-hydrogen) atoms. The zero-order valence-electron chi connectivity index (χ0n) is 12.7. The summed E-state index contributed by atoms with van der Waals surface area (Å²) >= 11 is 1.19. The Hall–Kier alpha value is -2.05. The predicted octanol–water partition coefficient (Wildman–Crippen LogP) is 2.59. The molecule has 0 spiro atoms. The van der Waals surface area contributed by atoms with Crippen molar-refractivity contribution in [3.8, 4) is 0 Å². The average molecular weight is 330 g/mol. The third kappa shape index (κ3) is 3.48. The molecule has 1 amide bonds. The number of aliphatic hydroxyl groups excluding tert-OH is 1. The summed E-state index contributed by atoms with van der Waals surface area (Å²) in [5.41, 5.74) is 0.793. The van der Waals surface area contributed by atoms with Crippen LogP contribution in [0.1, 0.15) is 50.8 Å². The average Bonchev–Trinajstić information content (AvgIpc) is 3.01. The first-order valence-corrected chi connectivity index (χ1v) is 8.37. The quantitative estimate of drug-likeness (QED) is 0.826. The van der Waals surface area contributed by atoms with E-state index in [0.29, 0.717) is 22.6 Å². The second kappa shape index (κ2) is 6.60. The van der Waals surface area contributed by atoms with Gasteiger partial charge in [0.05, 0.1) is 27.6 Å². The van der Waals surface area contributed by atoms with Crippen molar-refractivity contribution in [1.82, 2.24) is 10.3 Å². The lowest BCUT2D eigenvalue weighted by molar-refractivity contribution is 0.0228. The summed E-state index contributed by atoms with van der Waals surface area (Å²) in [7, 11) is 0. The van der Waals surface area contributed by atoms with Crippen LogP contribution in [0.5, 0.6) is 0 Å². The zero-order valence-corrected chi connectivity index (χ0v) is 13.5. The lowest BCUT2D eigenvalue weighted by Crippen LogP contribution is -2.41. The summed E-state index contributed by atoms with van der Waals surface area (Å²) in [4.78, 5) is 29.3. The first kappa shape index (κ1) is 15.8. The first-order chi connectivity index (χ1) is 11.0. The number of pyridine rings is 1. The highest BCUT2D eigenvalue weighted by Crippen LogP contribution is 2.37. The molecule has 0 aliphatic heterocycles. The topological polar surface area (TPSA) is 79.3 Å². The highest BCUT2D eigenvalue weighted by atomic mass is 32.1. The normalized spacial score (nSPS) is 21.3. The standard InChI is InChI=1S/C17H18N2O3S/c1-10(20)14-5-6-15(23-14)17(22)19-16(11-8-12(21)9-11)13-4-2-3-7-18-13/h2-7,11-12,16,21H,8-9H2,1H3,(H,19,22)/t11?,12?,16-/m0/s1. The number of carbonyl (C=O) groups excluding carboxylic acids is 2. The minimum Gasteiger partial charge on any atom is -0.393 e. The minimum absolute atomic E-state index is 0.0440. The molecule has 2 aromatic rings. The summed E-state index contributed by atoms with van der Waals surface area (Å²) in [6, 6.07) is 8.71. The number of aromatic nitrogens is 1. The number of carbonyl (C=O) groups is 2. The molecule has 0 aromatic carbocycles. The number of nitrogens with zero attached hydrogens (tertiary/aromatic N) is 1. The van der Waals surface area contributed by atoms with Gasteiger partial charge in [-0.15, -0.1) is 11.3 Å². The molecule has 2 heterocycles. The summed E-state index contributed by atoms with van der Waals surface area (Å²) in [6.07, 6.45) is 2.71. The number of hydrogen-bond acceptors (Lipinski definition) is 5. The molecule has 0 saturated heterocycles. The van der Waals surface area contributed by atoms with E-state index < -0.39 is 0 Å². The maximum absolute atomic E-state index is 12.5. The highest BCUT2D eigenvalue weighted by molar-refractivity contribution is 7.15. The Kier molecular flexibility index (Phi) is 4.54. The molecule has 120 valence electrons. The molecule has 6 heteroatoms. The summed E-state index contributed by atoms with van der Waals surface area (Å²) in [5, 5.41) is 12.6. The molecule has 1 aliphatic rings. The largest absolute Gasteiger partial charge is 0.393 e. The van der Waals surface area contributed by atoms with Gasteiger partial charge in [-0.2, -0.15) is 0 Å². The van der Waals surface area contributed by atoms with Crippen molar-refractivity contribution in [3.63, 3.8) is 0 Å². The van der Waals surface area contributed by atoms with Crippen molar-refractivity contribution in [1.29, 1.82) is 0 Å². The fourth-order valence-electron chi connectivity index (χ4n) is 2.76. The Labute approximate surface area is 138 Å². The highest BCUT2D eigenvalue weighted by Gasteiger charge is 2.36. The summed E-state index contributed by atoms with van der Waals surface area (Å²) < 4.78 is 0. The molecular weight excluding hydrogens is 312 g/mol. The van der Waals surface area contributed by atoms with Gasteiger partial charge in [0.1, 0.15) is 0 Å². The number of aliphatic hydroxyl groups is 1. The van der Waals surface area contributed by atoms with Crippen molar-refractivity contribution in [3.05, 3.63) is 52.0 Å². The van der Waals surface area contributed by atoms with Crippen molar-refractivity contribution >= 4 is 23.0 Å². The maximum Gasteiger partial charge on any atom is 0.261 e. The van der Waals surface area contributed by atoms with E-state index >= 15 is 0 Å². The molecule has 1 saturated carbocycles. The molecule has 1 aliphatic carbocycles. The number of thiophene rings is 1. The molecule has 0 bridgehead atoms. The molecule has 1 fully saturated rings. The van der Waals surface area contributed by atoms with E-state index in [0.717, 1.165) is 5.69 Å². The third-order valence-electron chi connectivity index (χ3n) is 4.09. The van der Waals surface area contributed by atoms with Gasteiger partial charge >= 0.3 is 0 Å². The van der Waals surface area contributed by atoms with Crippen LogP contribution in [0.2, 0.25) is 0 Å². The Morgan fingerprint density at radius 2 is 2.00 bits per heavy atom. The smallest absolute Gasteiger partial charge is 0.261 e. The van der Waals surface area contributed by atoms with Crippen LogP contribution in [-0.4, -0.2) is 27.9 Å². The van der Waals surface area contributed by atoms with Gasteiger partial charge in [0.25, 0.3) is 5.91 Å². The van der Waals surface area contributed by atoms with Crippen LogP contribution in [0.25, 0.3) is 0 Å². The number of amides is 1. The first-order valence-electron chi connectivity index (χ1n) is 7.55. The Bertz CT molecular complexity index is 708. The van der Waals surface area contributed by atoms with E-state index in [2.05, 4.69) is 10.3 Å². The third-order valence-corrected chi connectivity index (χ3v) is 5.28.